The molecular formula is C16H23N5O15P2. The number of fused-ring (bicyclic) bond motifs is 1. The van der Waals surface area contributed by atoms with Gasteiger partial charge in [-0.25, -0.2) is 14.1 Å². The van der Waals surface area contributed by atoms with E-state index in [0.717, 1.165) is 17.8 Å². The highest BCUT2D eigenvalue weighted by Crippen LogP contribution is 2.61. The number of aromatic nitrogens is 4. The van der Waals surface area contributed by atoms with Gasteiger partial charge in [-0.05, 0) is 6.92 Å². The van der Waals surface area contributed by atoms with E-state index in [2.05, 4.69) is 28.3 Å². The number of imidazole rings is 1. The van der Waals surface area contributed by atoms with Gasteiger partial charge in [-0.2, -0.15) is 9.29 Å². The Morgan fingerprint density at radius 1 is 1.11 bits per heavy atom. The predicted molar refractivity (Wildman–Crippen MR) is 118 cm³/mol. The average molecular weight is 587 g/mol. The Kier molecular flexibility index (Phi) is 7.92. The topological polar surface area (TPSA) is 308 Å². The van der Waals surface area contributed by atoms with Gasteiger partial charge < -0.3 is 45.4 Å². The van der Waals surface area contributed by atoms with Gasteiger partial charge in [0.2, 0.25) is 5.95 Å². The zero-order chi connectivity index (χ0) is 28.2. The number of carbonyl (C=O) groups is 1. The Morgan fingerprint density at radius 3 is 2.47 bits per heavy atom. The van der Waals surface area contributed by atoms with Gasteiger partial charge in [0, 0.05) is 0 Å². The molecule has 0 radical (unpaired) electrons. The lowest BCUT2D eigenvalue weighted by Crippen LogP contribution is -2.54. The maximum absolute atomic E-state index is 12.3. The van der Waals surface area contributed by atoms with E-state index >= 15 is 0 Å². The number of nitrogens with zero attached hydrogens (tertiary/aromatic N) is 3. The smallest absolute Gasteiger partial charge is 0.387 e. The van der Waals surface area contributed by atoms with Crippen molar-refractivity contribution in [1.82, 2.24) is 19.5 Å². The molecule has 2 unspecified atom stereocenters. The summed E-state index contributed by atoms with van der Waals surface area (Å²) >= 11 is 0. The molecule has 38 heavy (non-hydrogen) atoms. The first kappa shape index (κ1) is 28.8. The number of ether oxygens (including phenoxy) is 2. The molecular weight excluding hydrogens is 564 g/mol. The van der Waals surface area contributed by atoms with Crippen molar-refractivity contribution in [3.05, 3.63) is 16.7 Å². The Hall–Kier alpha value is -2.16. The van der Waals surface area contributed by atoms with Crippen LogP contribution < -0.4 is 11.3 Å². The van der Waals surface area contributed by atoms with Crippen LogP contribution >= 0.6 is 15.6 Å². The molecule has 10 atom stereocenters. The molecule has 0 spiro atoms. The van der Waals surface area contributed by atoms with Crippen molar-refractivity contribution in [2.45, 2.75) is 56.1 Å². The number of Topliss-reactive ketones (excluding diaryl/α,β-unsaturated/α-hetero) is 1. The second-order valence-corrected chi connectivity index (χ2v) is 11.2. The van der Waals surface area contributed by atoms with Crippen LogP contribution in [0.2, 0.25) is 0 Å². The molecule has 0 aromatic carbocycles. The molecule has 2 aromatic heterocycles. The van der Waals surface area contributed by atoms with Crippen LogP contribution in [0.15, 0.2) is 11.1 Å². The van der Waals surface area contributed by atoms with Crippen LogP contribution in [0, 0.1) is 0 Å². The highest BCUT2D eigenvalue weighted by Gasteiger charge is 2.49. The van der Waals surface area contributed by atoms with Crippen molar-refractivity contribution in [2.75, 3.05) is 12.3 Å². The summed E-state index contributed by atoms with van der Waals surface area (Å²) in [5.41, 5.74) is 4.57. The van der Waals surface area contributed by atoms with Crippen LogP contribution in [0.1, 0.15) is 13.2 Å². The van der Waals surface area contributed by atoms with E-state index in [9.17, 15) is 48.9 Å². The average Bonchev–Trinajstić information content (AvgIpc) is 3.35. The first-order valence-electron chi connectivity index (χ1n) is 10.6. The Labute approximate surface area is 210 Å². The van der Waals surface area contributed by atoms with Gasteiger partial charge in [0.25, 0.3) is 5.56 Å². The molecule has 20 nitrogen and oxygen atoms in total. The van der Waals surface area contributed by atoms with Crippen molar-refractivity contribution in [1.29, 1.82) is 0 Å². The van der Waals surface area contributed by atoms with Crippen LogP contribution in [-0.2, 0) is 36.8 Å². The van der Waals surface area contributed by atoms with Crippen LogP contribution in [-0.4, -0.2) is 105 Å². The summed E-state index contributed by atoms with van der Waals surface area (Å²) in [6.45, 7) is 0.180. The van der Waals surface area contributed by atoms with Gasteiger partial charge in [-0.15, -0.1) is 0 Å². The number of phosphoric ester groups is 2. The third-order valence-corrected chi connectivity index (χ3v) is 8.14. The van der Waals surface area contributed by atoms with Crippen LogP contribution in [0.3, 0.4) is 0 Å². The Balaban J connectivity index is 1.40. The lowest BCUT2D eigenvalue weighted by molar-refractivity contribution is -0.226. The number of ketones is 1. The fourth-order valence-electron chi connectivity index (χ4n) is 3.69. The van der Waals surface area contributed by atoms with E-state index in [4.69, 9.17) is 15.2 Å². The number of hydrogen-bond donors (Lipinski definition) is 8. The third-order valence-electron chi connectivity index (χ3n) is 5.54. The maximum atomic E-state index is 12.3. The molecule has 0 bridgehead atoms. The molecule has 0 amide bonds. The van der Waals surface area contributed by atoms with E-state index in [1.165, 1.54) is 0 Å². The van der Waals surface area contributed by atoms with Gasteiger partial charge in [-0.3, -0.25) is 28.2 Å². The van der Waals surface area contributed by atoms with E-state index in [0.29, 0.717) is 0 Å². The molecule has 2 aliphatic heterocycles. The fraction of sp³-hybridized carbons (Fsp3) is 0.625. The van der Waals surface area contributed by atoms with Crippen molar-refractivity contribution >= 4 is 38.5 Å². The van der Waals surface area contributed by atoms with Gasteiger partial charge in [0.1, 0.15) is 36.6 Å². The van der Waals surface area contributed by atoms with Crippen molar-refractivity contribution in [3.63, 3.8) is 0 Å². The molecule has 4 rings (SSSR count). The molecule has 4 heterocycles. The van der Waals surface area contributed by atoms with E-state index in [1.807, 2.05) is 0 Å². The monoisotopic (exact) mass is 587 g/mol. The normalized spacial score (nSPS) is 35.3. The summed E-state index contributed by atoms with van der Waals surface area (Å²) in [6.07, 6.45) is -12.9. The Morgan fingerprint density at radius 2 is 1.79 bits per heavy atom. The van der Waals surface area contributed by atoms with Gasteiger partial charge in [0.05, 0.1) is 12.9 Å². The number of rotatable bonds is 8. The van der Waals surface area contributed by atoms with Crippen molar-refractivity contribution < 1.29 is 67.0 Å². The fourth-order valence-corrected chi connectivity index (χ4v) is 5.85. The summed E-state index contributed by atoms with van der Waals surface area (Å²) in [5.74, 6) is -1.21. The number of aromatic amines is 1. The number of hydrogen-bond acceptors (Lipinski definition) is 16. The minimum atomic E-state index is -5.53. The quantitative estimate of drug-likeness (QED) is 0.140. The first-order valence-corrected chi connectivity index (χ1v) is 13.6. The minimum absolute atomic E-state index is 0.105. The Bertz CT molecular complexity index is 1370. The molecule has 0 saturated carbocycles. The summed E-state index contributed by atoms with van der Waals surface area (Å²) < 4.78 is 49.0. The zero-order valence-electron chi connectivity index (χ0n) is 19.1. The second kappa shape index (κ2) is 10.4. The predicted octanol–water partition coefficient (Wildman–Crippen LogP) is -3.39. The molecule has 2 aliphatic rings. The lowest BCUT2D eigenvalue weighted by Gasteiger charge is -2.34. The van der Waals surface area contributed by atoms with Crippen LogP contribution in [0.4, 0.5) is 5.95 Å². The number of phosphoric acid groups is 2. The highest BCUT2D eigenvalue weighted by atomic mass is 31.3. The SMILES string of the molecule is C[C@@H]1O[C@@H](OP(=O)(O)OP(=O)(O)OC[C@H]2O[C@@H](n3cnc4c(=O)[nH]c(N)nc43)[C@H](O)[C@@H]2O)[C@H](O)[C@H](O)C1=O. The van der Waals surface area contributed by atoms with Crippen LogP contribution in [0.25, 0.3) is 11.2 Å². The number of anilines is 1. The van der Waals surface area contributed by atoms with Gasteiger partial charge in [0.15, 0.2) is 29.5 Å². The third kappa shape index (κ3) is 5.73. The number of aliphatic hydroxyl groups excluding tert-OH is 4. The number of aliphatic hydroxyl groups is 4. The zero-order valence-corrected chi connectivity index (χ0v) is 20.9. The molecule has 0 aliphatic carbocycles. The highest BCUT2D eigenvalue weighted by molar-refractivity contribution is 7.61. The lowest BCUT2D eigenvalue weighted by atomic mass is 10.0. The molecule has 2 saturated heterocycles. The summed E-state index contributed by atoms with van der Waals surface area (Å²) in [4.78, 5) is 53.2. The number of nitrogens with one attached hydrogen (secondary N) is 1. The maximum Gasteiger partial charge on any atom is 0.483 e. The summed E-state index contributed by atoms with van der Waals surface area (Å²) in [7, 11) is -11.0. The number of nitrogens with two attached hydrogens (primary N) is 1. The van der Waals surface area contributed by atoms with E-state index in [1.54, 1.807) is 0 Å². The van der Waals surface area contributed by atoms with E-state index < -0.39 is 82.7 Å². The number of H-pyrrole nitrogens is 1. The molecule has 2 aromatic rings. The van der Waals surface area contributed by atoms with Crippen molar-refractivity contribution in [3.8, 4) is 0 Å². The first-order chi connectivity index (χ1) is 17.6. The van der Waals surface area contributed by atoms with Gasteiger partial charge >= 0.3 is 15.6 Å². The largest absolute Gasteiger partial charge is 0.483 e. The van der Waals surface area contributed by atoms with Crippen molar-refractivity contribution in [2.24, 2.45) is 0 Å². The van der Waals surface area contributed by atoms with Crippen LogP contribution in [0.5, 0.6) is 0 Å². The second-order valence-electron chi connectivity index (χ2n) is 8.23. The number of nitrogen functional groups attached to an aromatic ring is 1. The standard InChI is InChI=1S/C16H23N5O15P2/c1-4-7(22)9(24)11(26)15(33-4)35-38(30,31)36-37(28,29)32-2-5-8(23)10(25)14(34-5)21-3-18-6-12(21)19-16(17)20-13(6)27/h3-5,8-11,14-15,23-26H,2H2,1H3,(H,28,29)(H,30,31)(H3,17,19,20,27)/t4-,5+,8+,9+,10+,11+,14+,15-/m0/s1. The molecule has 22 heteroatoms. The minimum Gasteiger partial charge on any atom is -0.387 e. The summed E-state index contributed by atoms with van der Waals surface area (Å²) in [5, 5.41) is 40.2. The molecule has 212 valence electrons. The molecule has 2 fully saturated rings. The van der Waals surface area contributed by atoms with Gasteiger partial charge in [-0.1, -0.05) is 0 Å². The van der Waals surface area contributed by atoms with E-state index in [-0.39, 0.29) is 17.1 Å². The summed E-state index contributed by atoms with van der Waals surface area (Å²) in [6, 6.07) is 0. The molecule has 9 N–H and O–H groups in total. The number of carbonyl (C=O) groups excluding carboxylic acids is 1.